The Bertz CT molecular complexity index is 447. The van der Waals surface area contributed by atoms with Gasteiger partial charge in [-0.05, 0) is 38.7 Å². The average molecular weight is 269 g/mol. The van der Waals surface area contributed by atoms with E-state index < -0.39 is 8.32 Å². The van der Waals surface area contributed by atoms with Crippen molar-refractivity contribution in [3.05, 3.63) is 40.9 Å². The minimum absolute atomic E-state index is 0.0434. The van der Waals surface area contributed by atoms with Gasteiger partial charge < -0.3 is 4.43 Å². The van der Waals surface area contributed by atoms with Gasteiger partial charge in [-0.2, -0.15) is 0 Å². The normalized spacial score (nSPS) is 12.4. The minimum Gasteiger partial charge on any atom is -0.544 e. The van der Waals surface area contributed by atoms with E-state index in [1.807, 2.05) is 18.2 Å². The maximum atomic E-state index is 11.2. The van der Waals surface area contributed by atoms with Gasteiger partial charge in [-0.25, -0.2) is 0 Å². The maximum absolute atomic E-state index is 11.2. The fraction of sp³-hybridized carbons (Fsp3) is 0.308. The smallest absolute Gasteiger partial charge is 0.242 e. The van der Waals surface area contributed by atoms with Gasteiger partial charge in [0.1, 0.15) is 5.76 Å². The molecule has 0 heterocycles. The van der Waals surface area contributed by atoms with Crippen LogP contribution < -0.4 is 0 Å². The molecule has 0 fully saturated rings. The lowest BCUT2D eigenvalue weighted by Gasteiger charge is -2.22. The van der Waals surface area contributed by atoms with Gasteiger partial charge in [0.25, 0.3) is 0 Å². The molecule has 1 aromatic carbocycles. The molecule has 0 amide bonds. The standard InChI is InChI=1S/C13H17ClO2Si/c1-10(15)9-13(16-17(2,3)4)11-7-5-6-8-12(11)14/h5-9H,1-4H3/b13-9-. The summed E-state index contributed by atoms with van der Waals surface area (Å²) in [6.45, 7) is 7.71. The highest BCUT2D eigenvalue weighted by atomic mass is 35.5. The summed E-state index contributed by atoms with van der Waals surface area (Å²) < 4.78 is 5.91. The first-order valence-electron chi connectivity index (χ1n) is 5.46. The van der Waals surface area contributed by atoms with Crippen molar-refractivity contribution < 1.29 is 9.22 Å². The van der Waals surface area contributed by atoms with E-state index >= 15 is 0 Å². The lowest BCUT2D eigenvalue weighted by Crippen LogP contribution is -2.24. The van der Waals surface area contributed by atoms with E-state index in [-0.39, 0.29) is 5.78 Å². The second-order valence-electron chi connectivity index (χ2n) is 4.81. The Kier molecular flexibility index (Phi) is 4.54. The molecule has 4 heteroatoms. The molecule has 17 heavy (non-hydrogen) atoms. The van der Waals surface area contributed by atoms with Crippen LogP contribution >= 0.6 is 11.6 Å². The summed E-state index contributed by atoms with van der Waals surface area (Å²) in [4.78, 5) is 11.2. The highest BCUT2D eigenvalue weighted by Crippen LogP contribution is 2.27. The van der Waals surface area contributed by atoms with Crippen molar-refractivity contribution in [3.63, 3.8) is 0 Å². The molecular weight excluding hydrogens is 252 g/mol. The molecule has 0 aromatic heterocycles. The third kappa shape index (κ3) is 4.75. The van der Waals surface area contributed by atoms with Crippen LogP contribution in [0.15, 0.2) is 30.3 Å². The highest BCUT2D eigenvalue weighted by molar-refractivity contribution is 6.70. The third-order valence-corrected chi connectivity index (χ3v) is 3.05. The summed E-state index contributed by atoms with van der Waals surface area (Å²) in [6, 6.07) is 7.38. The SMILES string of the molecule is CC(=O)/C=C(\O[Si](C)(C)C)c1ccccc1Cl. The zero-order valence-electron chi connectivity index (χ0n) is 10.6. The largest absolute Gasteiger partial charge is 0.544 e. The number of hydrogen-bond donors (Lipinski definition) is 0. The van der Waals surface area contributed by atoms with Gasteiger partial charge in [0.15, 0.2) is 5.78 Å². The number of benzene rings is 1. The Hall–Kier alpha value is -1.06. The summed E-state index contributed by atoms with van der Waals surface area (Å²) in [5.41, 5.74) is 0.770. The zero-order valence-corrected chi connectivity index (χ0v) is 12.3. The van der Waals surface area contributed by atoms with Gasteiger partial charge >= 0.3 is 0 Å². The van der Waals surface area contributed by atoms with E-state index in [9.17, 15) is 4.79 Å². The third-order valence-electron chi connectivity index (χ3n) is 1.89. The van der Waals surface area contributed by atoms with Crippen molar-refractivity contribution in [2.45, 2.75) is 26.6 Å². The molecule has 0 bridgehead atoms. The number of hydrogen-bond acceptors (Lipinski definition) is 2. The van der Waals surface area contributed by atoms with Crippen LogP contribution in [0.3, 0.4) is 0 Å². The predicted molar refractivity (Wildman–Crippen MR) is 74.5 cm³/mol. The van der Waals surface area contributed by atoms with E-state index in [0.29, 0.717) is 10.8 Å². The molecule has 0 N–H and O–H groups in total. The summed E-state index contributed by atoms with van der Waals surface area (Å²) in [7, 11) is -1.77. The zero-order chi connectivity index (χ0) is 13.1. The quantitative estimate of drug-likeness (QED) is 0.466. The first-order valence-corrected chi connectivity index (χ1v) is 9.24. The van der Waals surface area contributed by atoms with Gasteiger partial charge in [0.2, 0.25) is 8.32 Å². The van der Waals surface area contributed by atoms with Gasteiger partial charge in [-0.3, -0.25) is 4.79 Å². The number of ketones is 1. The summed E-state index contributed by atoms with van der Waals surface area (Å²) in [5, 5.41) is 0.596. The van der Waals surface area contributed by atoms with Crippen LogP contribution in [-0.2, 0) is 9.22 Å². The van der Waals surface area contributed by atoms with Crippen LogP contribution in [0, 0.1) is 0 Å². The Labute approximate surface area is 108 Å². The van der Waals surface area contributed by atoms with E-state index in [4.69, 9.17) is 16.0 Å². The fourth-order valence-corrected chi connectivity index (χ4v) is 2.40. The van der Waals surface area contributed by atoms with E-state index in [2.05, 4.69) is 19.6 Å². The van der Waals surface area contributed by atoms with Crippen LogP contribution in [0.1, 0.15) is 12.5 Å². The summed E-state index contributed by atoms with van der Waals surface area (Å²) >= 11 is 6.11. The molecule has 0 aliphatic heterocycles. The molecule has 92 valence electrons. The van der Waals surface area contributed by atoms with Crippen molar-refractivity contribution in [1.29, 1.82) is 0 Å². The molecule has 0 aliphatic rings. The number of rotatable bonds is 4. The number of carbonyl (C=O) groups is 1. The molecule has 1 aromatic rings. The highest BCUT2D eigenvalue weighted by Gasteiger charge is 2.20. The molecule has 0 saturated heterocycles. The molecule has 0 unspecified atom stereocenters. The van der Waals surface area contributed by atoms with Crippen LogP contribution in [0.2, 0.25) is 24.7 Å². The number of halogens is 1. The second kappa shape index (κ2) is 5.51. The first kappa shape index (κ1) is 14.0. The molecule has 0 atom stereocenters. The van der Waals surface area contributed by atoms with Crippen LogP contribution in [0.5, 0.6) is 0 Å². The van der Waals surface area contributed by atoms with E-state index in [1.54, 1.807) is 6.07 Å². The predicted octanol–water partition coefficient (Wildman–Crippen LogP) is 4.12. The van der Waals surface area contributed by atoms with Gasteiger partial charge in [-0.15, -0.1) is 0 Å². The maximum Gasteiger partial charge on any atom is 0.242 e. The van der Waals surface area contributed by atoms with E-state index in [0.717, 1.165) is 5.56 Å². The Balaban J connectivity index is 3.17. The van der Waals surface area contributed by atoms with Crippen molar-refractivity contribution >= 4 is 31.5 Å². The molecule has 0 radical (unpaired) electrons. The summed E-state index contributed by atoms with van der Waals surface area (Å²) in [6.07, 6.45) is 1.50. The van der Waals surface area contributed by atoms with Crippen LogP contribution in [-0.4, -0.2) is 14.1 Å². The lowest BCUT2D eigenvalue weighted by molar-refractivity contribution is -0.112. The molecule has 0 saturated carbocycles. The van der Waals surface area contributed by atoms with Crippen molar-refractivity contribution in [3.8, 4) is 0 Å². The molecular formula is C13H17ClO2Si. The Morgan fingerprint density at radius 1 is 1.29 bits per heavy atom. The van der Waals surface area contributed by atoms with Crippen molar-refractivity contribution in [1.82, 2.24) is 0 Å². The number of allylic oxidation sites excluding steroid dienone is 1. The monoisotopic (exact) mass is 268 g/mol. The van der Waals surface area contributed by atoms with E-state index in [1.165, 1.54) is 13.0 Å². The topological polar surface area (TPSA) is 26.3 Å². The Morgan fingerprint density at radius 2 is 1.88 bits per heavy atom. The average Bonchev–Trinajstić information content (AvgIpc) is 2.14. The minimum atomic E-state index is -1.77. The van der Waals surface area contributed by atoms with Crippen LogP contribution in [0.4, 0.5) is 0 Å². The first-order chi connectivity index (χ1) is 7.79. The lowest BCUT2D eigenvalue weighted by atomic mass is 10.1. The van der Waals surface area contributed by atoms with Crippen molar-refractivity contribution in [2.24, 2.45) is 0 Å². The fourth-order valence-electron chi connectivity index (χ4n) is 1.34. The van der Waals surface area contributed by atoms with Gasteiger partial charge in [0, 0.05) is 11.6 Å². The van der Waals surface area contributed by atoms with Gasteiger partial charge in [-0.1, -0.05) is 23.7 Å². The number of carbonyl (C=O) groups excluding carboxylic acids is 1. The second-order valence-corrected chi connectivity index (χ2v) is 9.65. The molecule has 0 spiro atoms. The van der Waals surface area contributed by atoms with Crippen LogP contribution in [0.25, 0.3) is 5.76 Å². The molecule has 0 aliphatic carbocycles. The molecule has 1 rings (SSSR count). The van der Waals surface area contributed by atoms with Gasteiger partial charge in [0.05, 0.1) is 5.02 Å². The van der Waals surface area contributed by atoms with Crippen molar-refractivity contribution in [2.75, 3.05) is 0 Å². The summed E-state index contributed by atoms with van der Waals surface area (Å²) in [5.74, 6) is 0.528. The molecule has 2 nitrogen and oxygen atoms in total. The Morgan fingerprint density at radius 3 is 2.35 bits per heavy atom.